The van der Waals surface area contributed by atoms with Gasteiger partial charge in [0.1, 0.15) is 23.9 Å². The van der Waals surface area contributed by atoms with Gasteiger partial charge in [-0.15, -0.1) is 0 Å². The normalized spacial score (nSPS) is 21.6. The van der Waals surface area contributed by atoms with Crippen molar-refractivity contribution in [3.05, 3.63) is 71.5 Å². The summed E-state index contributed by atoms with van der Waals surface area (Å²) in [5.74, 6) is -2.51. The molecular formula is C49H62N8O8. The number of methoxy groups -OCH3 is 1. The fourth-order valence-electron chi connectivity index (χ4n) is 9.81. The van der Waals surface area contributed by atoms with Crippen LogP contribution < -0.4 is 16.1 Å². The number of pyridine rings is 1. The van der Waals surface area contributed by atoms with Gasteiger partial charge in [-0.1, -0.05) is 39.8 Å². The lowest BCUT2D eigenvalue weighted by Gasteiger charge is -2.42. The van der Waals surface area contributed by atoms with Crippen LogP contribution in [0.15, 0.2) is 54.9 Å². The summed E-state index contributed by atoms with van der Waals surface area (Å²) >= 11 is 0. The predicted octanol–water partition coefficient (Wildman–Crippen LogP) is 3.80. The van der Waals surface area contributed by atoms with E-state index in [1.165, 1.54) is 9.91 Å². The number of rotatable bonds is 10. The highest BCUT2D eigenvalue weighted by Crippen LogP contribution is 2.41. The Kier molecular flexibility index (Phi) is 13.1. The predicted molar refractivity (Wildman–Crippen MR) is 244 cm³/mol. The minimum Gasteiger partial charge on any atom is -0.508 e. The number of phenols is 1. The molecule has 8 rings (SSSR count). The van der Waals surface area contributed by atoms with Gasteiger partial charge >= 0.3 is 5.97 Å². The molecule has 4 amide bonds. The third-order valence-corrected chi connectivity index (χ3v) is 13.2. The third-order valence-electron chi connectivity index (χ3n) is 13.2. The number of aromatic nitrogens is 2. The SMILES string of the molecule is CCn1c(-c2cnccc2COC)c2c3cc(ccc31)-c1cc(O)cc(c1)C[C@H](NC(=O)[C@H](C(C)C)N(C)C(=O)C1CN(C(=O)[C@H]3CN3)C1)C(=O)N1CCC[C@H](N1)C(=O)OCC(C)(C)C2. The second-order valence-electron chi connectivity index (χ2n) is 19.2. The van der Waals surface area contributed by atoms with Crippen LogP contribution >= 0.6 is 0 Å². The lowest BCUT2D eigenvalue weighted by Crippen LogP contribution is -2.63. The number of likely N-dealkylation sites (tertiary alicyclic amines) is 1. The fourth-order valence-corrected chi connectivity index (χ4v) is 9.81. The van der Waals surface area contributed by atoms with Crippen LogP contribution in [0.5, 0.6) is 5.75 Å². The number of hydrazine groups is 1. The summed E-state index contributed by atoms with van der Waals surface area (Å²) in [6, 6.07) is 10.3. The molecule has 4 aliphatic heterocycles. The minimum absolute atomic E-state index is 0.00202. The lowest BCUT2D eigenvalue weighted by atomic mass is 9.84. The molecule has 3 saturated heterocycles. The number of carbonyl (C=O) groups is 5. The van der Waals surface area contributed by atoms with Gasteiger partial charge in [0.2, 0.25) is 17.7 Å². The molecule has 4 aromatic rings. The Bertz CT molecular complexity index is 2490. The number of likely N-dealkylation sites (N-methyl/N-ethyl adjacent to an activating group) is 1. The first-order valence-electron chi connectivity index (χ1n) is 22.8. The smallest absolute Gasteiger partial charge is 0.324 e. The summed E-state index contributed by atoms with van der Waals surface area (Å²) in [5, 5.41) is 19.7. The Balaban J connectivity index is 1.17. The van der Waals surface area contributed by atoms with Gasteiger partial charge < -0.3 is 39.6 Å². The number of esters is 1. The van der Waals surface area contributed by atoms with Crippen molar-refractivity contribution in [2.45, 2.75) is 97.6 Å². The molecule has 0 radical (unpaired) electrons. The number of aromatic hydroxyl groups is 1. The van der Waals surface area contributed by atoms with E-state index < -0.39 is 47.2 Å². The first-order chi connectivity index (χ1) is 31.1. The number of ether oxygens (including phenoxy) is 2. The highest BCUT2D eigenvalue weighted by atomic mass is 16.5. The van der Waals surface area contributed by atoms with Gasteiger partial charge in [0, 0.05) is 87.6 Å². The molecule has 0 unspecified atom stereocenters. The molecule has 6 bridgehead atoms. The van der Waals surface area contributed by atoms with E-state index >= 15 is 0 Å². The van der Waals surface area contributed by atoms with Gasteiger partial charge in [-0.25, -0.2) is 5.43 Å². The topological polar surface area (TPSA) is 198 Å². The van der Waals surface area contributed by atoms with Crippen molar-refractivity contribution in [2.24, 2.45) is 17.3 Å². The number of hydrogen-bond acceptors (Lipinski definition) is 11. The Morgan fingerprint density at radius 3 is 2.57 bits per heavy atom. The second-order valence-corrected chi connectivity index (χ2v) is 19.2. The van der Waals surface area contributed by atoms with E-state index in [2.05, 4.69) is 58.5 Å². The highest BCUT2D eigenvalue weighted by Gasteiger charge is 2.45. The number of fused-ring (bicyclic) bond motifs is 6. The van der Waals surface area contributed by atoms with Crippen LogP contribution in [-0.4, -0.2) is 130 Å². The fraction of sp³-hybridized carbons (Fsp3) is 0.510. The van der Waals surface area contributed by atoms with Gasteiger partial charge in [-0.2, -0.15) is 0 Å². The summed E-state index contributed by atoms with van der Waals surface area (Å²) in [6.07, 6.45) is 5.14. The van der Waals surface area contributed by atoms with E-state index in [1.54, 1.807) is 37.4 Å². The van der Waals surface area contributed by atoms with Crippen molar-refractivity contribution < 1.29 is 38.6 Å². The molecule has 0 aliphatic carbocycles. The van der Waals surface area contributed by atoms with Crippen LogP contribution in [0.1, 0.15) is 64.2 Å². The summed E-state index contributed by atoms with van der Waals surface area (Å²) in [7, 11) is 3.26. The largest absolute Gasteiger partial charge is 0.508 e. The van der Waals surface area contributed by atoms with E-state index in [1.807, 2.05) is 38.2 Å². The van der Waals surface area contributed by atoms with Gasteiger partial charge in [0.25, 0.3) is 5.91 Å². The third kappa shape index (κ3) is 9.47. The lowest BCUT2D eigenvalue weighted by molar-refractivity contribution is -0.155. The summed E-state index contributed by atoms with van der Waals surface area (Å²) in [4.78, 5) is 77.0. The Hall–Kier alpha value is -5.84. The van der Waals surface area contributed by atoms with E-state index in [4.69, 9.17) is 9.47 Å². The zero-order valence-corrected chi connectivity index (χ0v) is 38.5. The maximum Gasteiger partial charge on any atom is 0.324 e. The van der Waals surface area contributed by atoms with Crippen LogP contribution in [0.2, 0.25) is 0 Å². The molecule has 2 aromatic heterocycles. The average Bonchev–Trinajstić information content (AvgIpc) is 4.07. The van der Waals surface area contributed by atoms with E-state index in [0.29, 0.717) is 44.5 Å². The molecule has 0 spiro atoms. The summed E-state index contributed by atoms with van der Waals surface area (Å²) in [5.41, 5.74) is 9.76. The standard InChI is InChI=1S/C49H62N8O8/c1-8-56-41-12-11-30-20-35(41)36(43(56)37-22-50-14-13-31(37)26-64-7)21-49(4,5)27-65-48(63)38-10-9-15-57(53-38)47(62)39(18-29-16-32(30)19-34(58)17-29)52-44(59)42(28(2)3)54(6)45(60)33-24-55(25-33)46(61)40-23-51-40/h11-14,16-17,19-20,22,28,33,38-40,42,51,53,58H,8-10,15,18,21,23-27H2,1-7H3,(H,52,59)/t38-,39-,40+,42-/m0/s1. The maximum absolute atomic E-state index is 14.7. The Morgan fingerprint density at radius 1 is 1.09 bits per heavy atom. The molecule has 4 aliphatic rings. The number of phenolic OH excluding ortho intramolecular Hbond substituents is 1. The van der Waals surface area contributed by atoms with E-state index in [-0.39, 0.29) is 62.2 Å². The zero-order chi connectivity index (χ0) is 46.3. The van der Waals surface area contributed by atoms with Crippen LogP contribution in [0.4, 0.5) is 0 Å². The number of hydrogen-bond donors (Lipinski definition) is 4. The molecule has 65 heavy (non-hydrogen) atoms. The number of cyclic esters (lactones) is 1. The molecule has 4 atom stereocenters. The molecule has 4 N–H and O–H groups in total. The second kappa shape index (κ2) is 18.6. The van der Waals surface area contributed by atoms with Crippen LogP contribution in [0.3, 0.4) is 0 Å². The maximum atomic E-state index is 14.7. The van der Waals surface area contributed by atoms with Crippen LogP contribution in [-0.2, 0) is 59.4 Å². The number of amides is 4. The number of aryl methyl sites for hydroxylation is 1. The molecule has 16 nitrogen and oxygen atoms in total. The Labute approximate surface area is 380 Å². The van der Waals surface area contributed by atoms with Gasteiger partial charge in [-0.3, -0.25) is 34.0 Å². The van der Waals surface area contributed by atoms with Gasteiger partial charge in [0.05, 0.1) is 30.9 Å². The van der Waals surface area contributed by atoms with Crippen molar-refractivity contribution in [1.29, 1.82) is 0 Å². The van der Waals surface area contributed by atoms with Crippen LogP contribution in [0.25, 0.3) is 33.3 Å². The number of carbonyl (C=O) groups excluding carboxylic acids is 5. The number of nitrogens with zero attached hydrogens (tertiary/aromatic N) is 5. The van der Waals surface area contributed by atoms with E-state index in [0.717, 1.165) is 44.4 Å². The molecule has 6 heterocycles. The molecule has 346 valence electrons. The molecule has 3 fully saturated rings. The first-order valence-corrected chi connectivity index (χ1v) is 22.8. The van der Waals surface area contributed by atoms with Crippen molar-refractivity contribution in [1.82, 2.24) is 40.4 Å². The van der Waals surface area contributed by atoms with Crippen LogP contribution in [0, 0.1) is 17.3 Å². The quantitative estimate of drug-likeness (QED) is 0.134. The summed E-state index contributed by atoms with van der Waals surface area (Å²) < 4.78 is 14.0. The first kappa shape index (κ1) is 45.7. The Morgan fingerprint density at radius 2 is 1.86 bits per heavy atom. The molecule has 2 aromatic carbocycles. The van der Waals surface area contributed by atoms with Crippen molar-refractivity contribution in [3.63, 3.8) is 0 Å². The van der Waals surface area contributed by atoms with E-state index in [9.17, 15) is 29.1 Å². The molecule has 16 heteroatoms. The minimum atomic E-state index is -1.15. The van der Waals surface area contributed by atoms with Crippen molar-refractivity contribution in [3.8, 4) is 28.1 Å². The zero-order valence-electron chi connectivity index (χ0n) is 38.5. The van der Waals surface area contributed by atoms with Crippen molar-refractivity contribution in [2.75, 3.05) is 46.9 Å². The number of benzene rings is 2. The molecule has 0 saturated carbocycles. The summed E-state index contributed by atoms with van der Waals surface area (Å²) in [6.45, 7) is 12.6. The molecular weight excluding hydrogens is 829 g/mol. The monoisotopic (exact) mass is 890 g/mol. The number of nitrogens with one attached hydrogen (secondary N) is 3. The highest BCUT2D eigenvalue weighted by molar-refractivity contribution is 5.96. The van der Waals surface area contributed by atoms with Gasteiger partial charge in [0.15, 0.2) is 0 Å². The average molecular weight is 891 g/mol. The van der Waals surface area contributed by atoms with Gasteiger partial charge in [-0.05, 0) is 90.3 Å². The van der Waals surface area contributed by atoms with Crippen molar-refractivity contribution >= 4 is 40.5 Å².